The van der Waals surface area contributed by atoms with Crippen molar-refractivity contribution in [1.29, 1.82) is 0 Å². The van der Waals surface area contributed by atoms with Crippen molar-refractivity contribution in [2.24, 2.45) is 16.7 Å². The molecule has 1 unspecified atom stereocenters. The van der Waals surface area contributed by atoms with Crippen LogP contribution in [0.5, 0.6) is 0 Å². The predicted molar refractivity (Wildman–Crippen MR) is 91.4 cm³/mol. The summed E-state index contributed by atoms with van der Waals surface area (Å²) >= 11 is 3.98. The highest BCUT2D eigenvalue weighted by molar-refractivity contribution is 9.09. The van der Waals surface area contributed by atoms with Gasteiger partial charge in [0.05, 0.1) is 0 Å². The number of alkyl halides is 1. The highest BCUT2D eigenvalue weighted by Gasteiger charge is 2.66. The van der Waals surface area contributed by atoms with Crippen molar-refractivity contribution in [1.82, 2.24) is 0 Å². The van der Waals surface area contributed by atoms with Gasteiger partial charge in [0.1, 0.15) is 0 Å². The molecule has 0 bridgehead atoms. The van der Waals surface area contributed by atoms with Crippen LogP contribution in [0.15, 0.2) is 42.5 Å². The molecule has 1 heteroatoms. The van der Waals surface area contributed by atoms with E-state index in [1.165, 1.54) is 16.3 Å². The maximum atomic E-state index is 3.98. The lowest BCUT2D eigenvalue weighted by Gasteiger charge is -2.14. The summed E-state index contributed by atoms with van der Waals surface area (Å²) in [6.45, 7) is 9.59. The summed E-state index contributed by atoms with van der Waals surface area (Å²) in [5, 5.41) is 2.75. The van der Waals surface area contributed by atoms with Crippen LogP contribution >= 0.6 is 15.9 Å². The molecule has 1 saturated carbocycles. The van der Waals surface area contributed by atoms with E-state index < -0.39 is 0 Å². The SMILES string of the molecule is CC1(C)C(C(Br)Cc2cccc3ccccc23)C1(C)C. The molecule has 0 nitrogen and oxygen atoms in total. The van der Waals surface area contributed by atoms with Gasteiger partial charge in [-0.05, 0) is 39.5 Å². The molecule has 0 heterocycles. The van der Waals surface area contributed by atoms with Crippen molar-refractivity contribution in [3.8, 4) is 0 Å². The van der Waals surface area contributed by atoms with Gasteiger partial charge in [-0.15, -0.1) is 0 Å². The average Bonchev–Trinajstić information content (AvgIpc) is 2.80. The normalized spacial score (nSPS) is 21.9. The van der Waals surface area contributed by atoms with Crippen molar-refractivity contribution in [3.63, 3.8) is 0 Å². The number of hydrogen-bond acceptors (Lipinski definition) is 0. The second-order valence-corrected chi connectivity index (χ2v) is 8.46. The van der Waals surface area contributed by atoms with Gasteiger partial charge in [-0.2, -0.15) is 0 Å². The zero-order valence-corrected chi connectivity index (χ0v) is 14.4. The lowest BCUT2D eigenvalue weighted by molar-refractivity contribution is 0.457. The summed E-state index contributed by atoms with van der Waals surface area (Å²) in [6.07, 6.45) is 1.11. The Morgan fingerprint density at radius 2 is 1.55 bits per heavy atom. The first-order valence-electron chi connectivity index (χ1n) is 7.46. The van der Waals surface area contributed by atoms with E-state index in [9.17, 15) is 0 Å². The summed E-state index contributed by atoms with van der Waals surface area (Å²) in [4.78, 5) is 0.554. The molecule has 0 saturated heterocycles. The first-order chi connectivity index (χ1) is 9.35. The van der Waals surface area contributed by atoms with Crippen molar-refractivity contribution in [2.75, 3.05) is 0 Å². The van der Waals surface area contributed by atoms with Gasteiger partial charge >= 0.3 is 0 Å². The summed E-state index contributed by atoms with van der Waals surface area (Å²) < 4.78 is 0. The minimum Gasteiger partial charge on any atom is -0.0884 e. The second-order valence-electron chi connectivity index (χ2n) is 7.28. The van der Waals surface area contributed by atoms with Crippen LogP contribution < -0.4 is 0 Å². The van der Waals surface area contributed by atoms with Crippen LogP contribution in [-0.2, 0) is 6.42 Å². The molecule has 3 rings (SSSR count). The van der Waals surface area contributed by atoms with E-state index in [1.54, 1.807) is 0 Å². The van der Waals surface area contributed by atoms with E-state index in [0.717, 1.165) is 12.3 Å². The van der Waals surface area contributed by atoms with Crippen LogP contribution in [0.3, 0.4) is 0 Å². The van der Waals surface area contributed by atoms with E-state index >= 15 is 0 Å². The van der Waals surface area contributed by atoms with Crippen molar-refractivity contribution >= 4 is 26.7 Å². The van der Waals surface area contributed by atoms with E-state index in [0.29, 0.717) is 15.7 Å². The lowest BCUT2D eigenvalue weighted by Crippen LogP contribution is -2.10. The van der Waals surface area contributed by atoms with E-state index in [1.807, 2.05) is 0 Å². The average molecular weight is 331 g/mol. The second kappa shape index (κ2) is 4.59. The summed E-state index contributed by atoms with van der Waals surface area (Å²) in [5.41, 5.74) is 2.33. The van der Waals surface area contributed by atoms with Crippen LogP contribution in [0, 0.1) is 16.7 Å². The molecule has 0 aromatic heterocycles. The molecule has 1 aliphatic rings. The molecule has 1 atom stereocenters. The Kier molecular flexibility index (Phi) is 3.25. The highest BCUT2D eigenvalue weighted by Crippen LogP contribution is 2.71. The molecule has 2 aromatic carbocycles. The van der Waals surface area contributed by atoms with Crippen LogP contribution in [0.25, 0.3) is 10.8 Å². The lowest BCUT2D eigenvalue weighted by atomic mass is 9.97. The van der Waals surface area contributed by atoms with Gasteiger partial charge in [-0.3, -0.25) is 0 Å². The van der Waals surface area contributed by atoms with Crippen LogP contribution in [-0.4, -0.2) is 4.83 Å². The van der Waals surface area contributed by atoms with Gasteiger partial charge in [0, 0.05) is 4.83 Å². The zero-order chi connectivity index (χ0) is 14.5. The molecule has 2 aromatic rings. The van der Waals surface area contributed by atoms with Crippen molar-refractivity contribution < 1.29 is 0 Å². The number of halogens is 1. The summed E-state index contributed by atoms with van der Waals surface area (Å²) in [7, 11) is 0. The fourth-order valence-electron chi connectivity index (χ4n) is 3.95. The summed E-state index contributed by atoms with van der Waals surface area (Å²) in [5.74, 6) is 0.744. The summed E-state index contributed by atoms with van der Waals surface area (Å²) in [6, 6.07) is 15.4. The Hall–Kier alpha value is -0.820. The monoisotopic (exact) mass is 330 g/mol. The van der Waals surface area contributed by atoms with Crippen LogP contribution in [0.2, 0.25) is 0 Å². The van der Waals surface area contributed by atoms with Crippen LogP contribution in [0.1, 0.15) is 33.3 Å². The van der Waals surface area contributed by atoms with Gasteiger partial charge < -0.3 is 0 Å². The third-order valence-corrected chi connectivity index (χ3v) is 6.64. The molecule has 0 aliphatic heterocycles. The van der Waals surface area contributed by atoms with E-state index in [2.05, 4.69) is 86.1 Å². The molecule has 1 aliphatic carbocycles. The minimum atomic E-state index is 0.436. The van der Waals surface area contributed by atoms with E-state index in [4.69, 9.17) is 0 Å². The molecule has 0 radical (unpaired) electrons. The first kappa shape index (κ1) is 14.1. The fourth-order valence-corrected chi connectivity index (χ4v) is 5.62. The maximum absolute atomic E-state index is 3.98. The van der Waals surface area contributed by atoms with Crippen LogP contribution in [0.4, 0.5) is 0 Å². The number of rotatable bonds is 3. The fraction of sp³-hybridized carbons (Fsp3) is 0.474. The molecule has 0 amide bonds. The smallest absolute Gasteiger partial charge is 0.0225 e. The van der Waals surface area contributed by atoms with Gasteiger partial charge in [0.15, 0.2) is 0 Å². The number of fused-ring (bicyclic) bond motifs is 1. The number of benzene rings is 2. The third kappa shape index (κ3) is 2.02. The molecular formula is C19H23Br. The van der Waals surface area contributed by atoms with Gasteiger partial charge in [0.2, 0.25) is 0 Å². The molecular weight excluding hydrogens is 308 g/mol. The standard InChI is InChI=1S/C19H23Br/c1-18(2)17(19(18,3)4)16(20)12-14-10-7-9-13-8-5-6-11-15(13)14/h5-11,16-17H,12H2,1-4H3. The topological polar surface area (TPSA) is 0 Å². The van der Waals surface area contributed by atoms with Crippen molar-refractivity contribution in [3.05, 3.63) is 48.0 Å². The molecule has 106 valence electrons. The Labute approximate surface area is 130 Å². The quantitative estimate of drug-likeness (QED) is 0.621. The number of hydrogen-bond donors (Lipinski definition) is 0. The zero-order valence-electron chi connectivity index (χ0n) is 12.8. The Bertz CT molecular complexity index is 620. The highest BCUT2D eigenvalue weighted by atomic mass is 79.9. The van der Waals surface area contributed by atoms with E-state index in [-0.39, 0.29) is 0 Å². The van der Waals surface area contributed by atoms with Gasteiger partial charge in [0.25, 0.3) is 0 Å². The Morgan fingerprint density at radius 1 is 0.950 bits per heavy atom. The third-order valence-electron chi connectivity index (χ3n) is 5.79. The van der Waals surface area contributed by atoms with Gasteiger partial charge in [-0.1, -0.05) is 86.1 Å². The molecule has 20 heavy (non-hydrogen) atoms. The minimum absolute atomic E-state index is 0.436. The predicted octanol–water partition coefficient (Wildman–Crippen LogP) is 5.83. The largest absolute Gasteiger partial charge is 0.0884 e. The maximum Gasteiger partial charge on any atom is 0.0225 e. The van der Waals surface area contributed by atoms with Crippen molar-refractivity contribution in [2.45, 2.75) is 38.9 Å². The molecule has 0 N–H and O–H groups in total. The van der Waals surface area contributed by atoms with Gasteiger partial charge in [-0.25, -0.2) is 0 Å². The molecule has 1 fully saturated rings. The molecule has 0 spiro atoms. The Balaban J connectivity index is 1.88. The Morgan fingerprint density at radius 3 is 2.20 bits per heavy atom. The first-order valence-corrected chi connectivity index (χ1v) is 8.38.